The van der Waals surface area contributed by atoms with Gasteiger partial charge in [-0.25, -0.2) is 4.79 Å². The Bertz CT molecular complexity index is 1070. The van der Waals surface area contributed by atoms with Gasteiger partial charge < -0.3 is 19.7 Å². The minimum absolute atomic E-state index is 0.0734. The van der Waals surface area contributed by atoms with Gasteiger partial charge in [0.05, 0.1) is 29.7 Å². The standard InChI is InChI=1S/C24H23ClN2O6/c25-19-6-2-1-5-18(19)20(28)14-33-24(31)15-7-9-16(10-8-15)26-22(29)12-21-23(30)27-11-3-4-17(27)13-32-21/h1-2,5-10,17,21H,3-4,11-14H2,(H,26,29). The Labute approximate surface area is 195 Å². The number of benzene rings is 2. The fraction of sp³-hybridized carbons (Fsp3) is 0.333. The third kappa shape index (κ3) is 5.40. The second-order valence-electron chi connectivity index (χ2n) is 7.96. The number of nitrogens with one attached hydrogen (secondary N) is 1. The van der Waals surface area contributed by atoms with E-state index in [2.05, 4.69) is 5.32 Å². The summed E-state index contributed by atoms with van der Waals surface area (Å²) < 4.78 is 10.7. The van der Waals surface area contributed by atoms with Crippen molar-refractivity contribution in [1.82, 2.24) is 4.90 Å². The molecule has 172 valence electrons. The van der Waals surface area contributed by atoms with Crippen LogP contribution in [0.5, 0.6) is 0 Å². The highest BCUT2D eigenvalue weighted by atomic mass is 35.5. The van der Waals surface area contributed by atoms with Crippen LogP contribution in [-0.2, 0) is 19.1 Å². The fourth-order valence-electron chi connectivity index (χ4n) is 3.98. The number of anilines is 1. The van der Waals surface area contributed by atoms with Crippen LogP contribution < -0.4 is 5.32 Å². The summed E-state index contributed by atoms with van der Waals surface area (Å²) in [6, 6.07) is 12.7. The minimum atomic E-state index is -0.774. The number of ether oxygens (including phenoxy) is 2. The molecule has 2 amide bonds. The lowest BCUT2D eigenvalue weighted by molar-refractivity contribution is -0.158. The summed E-state index contributed by atoms with van der Waals surface area (Å²) in [7, 11) is 0. The van der Waals surface area contributed by atoms with Gasteiger partial charge in [0.1, 0.15) is 6.10 Å². The van der Waals surface area contributed by atoms with E-state index < -0.39 is 24.5 Å². The van der Waals surface area contributed by atoms with Gasteiger partial charge in [-0.15, -0.1) is 0 Å². The summed E-state index contributed by atoms with van der Waals surface area (Å²) in [4.78, 5) is 51.1. The van der Waals surface area contributed by atoms with Gasteiger partial charge in [0.25, 0.3) is 5.91 Å². The highest BCUT2D eigenvalue weighted by Gasteiger charge is 2.39. The first-order valence-corrected chi connectivity index (χ1v) is 11.1. The zero-order valence-electron chi connectivity index (χ0n) is 17.8. The molecule has 0 radical (unpaired) electrons. The Morgan fingerprint density at radius 2 is 1.88 bits per heavy atom. The third-order valence-electron chi connectivity index (χ3n) is 5.71. The maximum atomic E-state index is 12.5. The summed E-state index contributed by atoms with van der Waals surface area (Å²) in [5.41, 5.74) is 0.975. The number of carbonyl (C=O) groups excluding carboxylic acids is 4. The van der Waals surface area contributed by atoms with Gasteiger partial charge >= 0.3 is 5.97 Å². The van der Waals surface area contributed by atoms with Gasteiger partial charge in [0.15, 0.2) is 6.61 Å². The molecule has 0 spiro atoms. The van der Waals surface area contributed by atoms with Crippen molar-refractivity contribution in [3.05, 3.63) is 64.7 Å². The molecule has 1 N–H and O–H groups in total. The molecule has 0 aromatic heterocycles. The molecule has 2 atom stereocenters. The van der Waals surface area contributed by atoms with E-state index in [-0.39, 0.29) is 35.4 Å². The lowest BCUT2D eigenvalue weighted by atomic mass is 10.1. The minimum Gasteiger partial charge on any atom is -0.454 e. The van der Waals surface area contributed by atoms with E-state index >= 15 is 0 Å². The molecule has 2 aromatic rings. The topological polar surface area (TPSA) is 102 Å². The molecule has 2 aliphatic heterocycles. The molecule has 0 saturated carbocycles. The molecule has 0 bridgehead atoms. The number of carbonyl (C=O) groups is 4. The predicted molar refractivity (Wildman–Crippen MR) is 120 cm³/mol. The van der Waals surface area contributed by atoms with Crippen molar-refractivity contribution in [1.29, 1.82) is 0 Å². The number of amides is 2. The van der Waals surface area contributed by atoms with E-state index in [0.29, 0.717) is 23.9 Å². The number of rotatable bonds is 7. The van der Waals surface area contributed by atoms with Gasteiger partial charge in [-0.2, -0.15) is 0 Å². The van der Waals surface area contributed by atoms with Crippen LogP contribution in [0, 0.1) is 0 Å². The number of nitrogens with zero attached hydrogens (tertiary/aromatic N) is 1. The summed E-state index contributed by atoms with van der Waals surface area (Å²) in [5, 5.41) is 2.99. The van der Waals surface area contributed by atoms with Crippen molar-refractivity contribution in [2.75, 3.05) is 25.1 Å². The second kappa shape index (κ2) is 10.1. The van der Waals surface area contributed by atoms with Crippen LogP contribution in [0.15, 0.2) is 48.5 Å². The molecule has 9 heteroatoms. The summed E-state index contributed by atoms with van der Waals surface area (Å²) in [6.45, 7) is 0.736. The lowest BCUT2D eigenvalue weighted by Crippen LogP contribution is -2.51. The Kier molecular flexibility index (Phi) is 7.05. The number of hydrogen-bond donors (Lipinski definition) is 1. The zero-order valence-corrected chi connectivity index (χ0v) is 18.5. The van der Waals surface area contributed by atoms with Crippen molar-refractivity contribution in [2.24, 2.45) is 0 Å². The van der Waals surface area contributed by atoms with Crippen LogP contribution in [0.3, 0.4) is 0 Å². The Morgan fingerprint density at radius 1 is 1.12 bits per heavy atom. The fourth-order valence-corrected chi connectivity index (χ4v) is 4.22. The van der Waals surface area contributed by atoms with Crippen molar-refractivity contribution >= 4 is 40.9 Å². The van der Waals surface area contributed by atoms with E-state index in [1.807, 2.05) is 0 Å². The van der Waals surface area contributed by atoms with Crippen LogP contribution in [0.25, 0.3) is 0 Å². The molecule has 4 rings (SSSR count). The van der Waals surface area contributed by atoms with E-state index in [9.17, 15) is 19.2 Å². The monoisotopic (exact) mass is 470 g/mol. The highest BCUT2D eigenvalue weighted by Crippen LogP contribution is 2.25. The van der Waals surface area contributed by atoms with Crippen molar-refractivity contribution in [3.8, 4) is 0 Å². The molecular weight excluding hydrogens is 448 g/mol. The quantitative estimate of drug-likeness (QED) is 0.493. The molecule has 33 heavy (non-hydrogen) atoms. The van der Waals surface area contributed by atoms with Gasteiger partial charge in [-0.05, 0) is 49.2 Å². The number of hydrogen-bond acceptors (Lipinski definition) is 6. The van der Waals surface area contributed by atoms with Gasteiger partial charge in [0, 0.05) is 17.8 Å². The Morgan fingerprint density at radius 3 is 2.64 bits per heavy atom. The number of Topliss-reactive ketones (excluding diaryl/α,β-unsaturated/α-hetero) is 1. The Hall–Kier alpha value is -3.23. The van der Waals surface area contributed by atoms with E-state index in [0.717, 1.165) is 12.8 Å². The average molecular weight is 471 g/mol. The first-order valence-electron chi connectivity index (χ1n) is 10.7. The van der Waals surface area contributed by atoms with E-state index in [4.69, 9.17) is 21.1 Å². The largest absolute Gasteiger partial charge is 0.454 e. The molecule has 0 aliphatic carbocycles. The summed E-state index contributed by atoms with van der Waals surface area (Å²) in [5.74, 6) is -1.57. The van der Waals surface area contributed by atoms with Crippen LogP contribution in [0.1, 0.15) is 40.0 Å². The van der Waals surface area contributed by atoms with Crippen LogP contribution in [0.4, 0.5) is 5.69 Å². The lowest BCUT2D eigenvalue weighted by Gasteiger charge is -2.34. The zero-order chi connectivity index (χ0) is 23.4. The predicted octanol–water partition coefficient (Wildman–Crippen LogP) is 3.10. The molecule has 2 unspecified atom stereocenters. The first-order chi connectivity index (χ1) is 15.9. The van der Waals surface area contributed by atoms with Gasteiger partial charge in [-0.1, -0.05) is 23.7 Å². The van der Waals surface area contributed by atoms with Crippen molar-refractivity contribution in [3.63, 3.8) is 0 Å². The molecule has 2 saturated heterocycles. The first kappa shape index (κ1) is 22.9. The van der Waals surface area contributed by atoms with Crippen LogP contribution in [-0.4, -0.2) is 60.4 Å². The second-order valence-corrected chi connectivity index (χ2v) is 8.37. The summed E-state index contributed by atoms with van der Waals surface area (Å²) in [6.07, 6.45) is 1.05. The molecule has 2 heterocycles. The highest BCUT2D eigenvalue weighted by molar-refractivity contribution is 6.34. The van der Waals surface area contributed by atoms with Gasteiger partial charge in [0.2, 0.25) is 11.7 Å². The molecule has 2 aromatic carbocycles. The molecule has 2 aliphatic rings. The number of morpholine rings is 1. The normalized spacial score (nSPS) is 19.7. The van der Waals surface area contributed by atoms with Crippen molar-refractivity contribution in [2.45, 2.75) is 31.4 Å². The summed E-state index contributed by atoms with van der Waals surface area (Å²) >= 11 is 5.98. The number of fused-ring (bicyclic) bond motifs is 1. The number of ketones is 1. The average Bonchev–Trinajstić information content (AvgIpc) is 3.30. The Balaban J connectivity index is 1.26. The molecule has 2 fully saturated rings. The van der Waals surface area contributed by atoms with E-state index in [1.54, 1.807) is 41.3 Å². The SMILES string of the molecule is O=C(CC1OCC2CCCN2C1=O)Nc1ccc(C(=O)OCC(=O)c2ccccc2Cl)cc1. The number of esters is 1. The van der Waals surface area contributed by atoms with Crippen LogP contribution >= 0.6 is 11.6 Å². The maximum Gasteiger partial charge on any atom is 0.338 e. The smallest absolute Gasteiger partial charge is 0.338 e. The van der Waals surface area contributed by atoms with Gasteiger partial charge in [-0.3, -0.25) is 14.4 Å². The van der Waals surface area contributed by atoms with Crippen LogP contribution in [0.2, 0.25) is 5.02 Å². The molecule has 8 nitrogen and oxygen atoms in total. The number of halogens is 1. The third-order valence-corrected chi connectivity index (χ3v) is 6.04. The van der Waals surface area contributed by atoms with Crippen molar-refractivity contribution < 1.29 is 28.7 Å². The van der Waals surface area contributed by atoms with E-state index in [1.165, 1.54) is 12.1 Å². The maximum absolute atomic E-state index is 12.5. The molecular formula is C24H23ClN2O6.